The second-order valence-electron chi connectivity index (χ2n) is 14.5. The molecule has 0 aromatic heterocycles. The van der Waals surface area contributed by atoms with E-state index in [4.69, 9.17) is 28.4 Å². The molecule has 0 bridgehead atoms. The number of hydrogen-bond donors (Lipinski definition) is 2. The molecule has 5 atom stereocenters. The van der Waals surface area contributed by atoms with Gasteiger partial charge in [-0.05, 0) is 60.1 Å². The quantitative estimate of drug-likeness (QED) is 0.178. The van der Waals surface area contributed by atoms with Crippen molar-refractivity contribution < 1.29 is 46.7 Å². The number of amides is 1. The van der Waals surface area contributed by atoms with Gasteiger partial charge in [-0.25, -0.2) is 13.2 Å². The Morgan fingerprint density at radius 1 is 1.02 bits per heavy atom. The van der Waals surface area contributed by atoms with Crippen molar-refractivity contribution in [2.45, 2.75) is 88.9 Å². The van der Waals surface area contributed by atoms with Crippen LogP contribution in [0.1, 0.15) is 57.6 Å². The molecular formula is C39H50N2O10S. The average molecular weight is 739 g/mol. The van der Waals surface area contributed by atoms with Crippen LogP contribution in [0.3, 0.4) is 0 Å². The fraction of sp³-hybridized carbons (Fsp3) is 0.513. The molecular weight excluding hydrogens is 689 g/mol. The smallest absolute Gasteiger partial charge is 0.407 e. The lowest BCUT2D eigenvalue weighted by atomic mass is 9.87. The molecule has 2 N–H and O–H groups in total. The number of rotatable bonds is 17. The summed E-state index contributed by atoms with van der Waals surface area (Å²) in [6.45, 7) is 7.18. The number of fused-ring (bicyclic) bond motifs is 2. The second-order valence-corrected chi connectivity index (χ2v) is 16.4. The Hall–Kier alpha value is -3.88. The molecule has 12 nitrogen and oxygen atoms in total. The van der Waals surface area contributed by atoms with Crippen molar-refractivity contribution in [1.82, 2.24) is 9.62 Å². The zero-order valence-corrected chi connectivity index (χ0v) is 30.9. The molecule has 0 saturated carbocycles. The highest BCUT2D eigenvalue weighted by atomic mass is 32.2. The van der Waals surface area contributed by atoms with E-state index in [0.29, 0.717) is 36.9 Å². The highest BCUT2D eigenvalue weighted by Crippen LogP contribution is 2.36. The van der Waals surface area contributed by atoms with E-state index >= 15 is 0 Å². The van der Waals surface area contributed by atoms with Crippen molar-refractivity contribution in [3.63, 3.8) is 0 Å². The zero-order valence-electron chi connectivity index (χ0n) is 30.1. The average Bonchev–Trinajstić information content (AvgIpc) is 3.89. The predicted octanol–water partition coefficient (Wildman–Crippen LogP) is 5.66. The van der Waals surface area contributed by atoms with E-state index in [9.17, 15) is 18.3 Å². The lowest BCUT2D eigenvalue weighted by Crippen LogP contribution is -2.52. The molecule has 2 saturated heterocycles. The van der Waals surface area contributed by atoms with E-state index < -0.39 is 46.1 Å². The molecule has 6 rings (SSSR count). The molecule has 1 unspecified atom stereocenters. The maximum absolute atomic E-state index is 14.3. The van der Waals surface area contributed by atoms with Crippen LogP contribution in [0.2, 0.25) is 0 Å². The summed E-state index contributed by atoms with van der Waals surface area (Å²) in [6, 6.07) is 20.9. The number of alkyl carbamates (subject to hydrolysis) is 1. The van der Waals surface area contributed by atoms with E-state index in [0.717, 1.165) is 30.4 Å². The maximum Gasteiger partial charge on any atom is 0.407 e. The molecule has 52 heavy (non-hydrogen) atoms. The molecule has 0 spiro atoms. The van der Waals surface area contributed by atoms with Gasteiger partial charge < -0.3 is 38.8 Å². The molecule has 3 aliphatic heterocycles. The molecule has 3 aromatic rings. The Kier molecular flexibility index (Phi) is 12.3. The first-order chi connectivity index (χ1) is 25.0. The van der Waals surface area contributed by atoms with Crippen LogP contribution in [0.25, 0.3) is 0 Å². The van der Waals surface area contributed by atoms with Crippen molar-refractivity contribution in [3.8, 4) is 17.2 Å². The standard InChI is InChI=1S/C39H50N2O10S/c1-4-5-18-39(2,3)25-41(52(44,45)30-15-16-34-35(21-30)50-26-49-34)22-33(42)32(40-38(43)51-36-24-48-37-31(36)17-19-46-37)20-27-11-13-29(14-12-27)47-23-28-9-7-6-8-10-28/h6-16,21,31-33,36-37,42H,4-5,17-20,22-26H2,1-3H3,(H,40,43)/t31?,32-,33+,36-,37+/m0/s1. The van der Waals surface area contributed by atoms with Gasteiger partial charge in [-0.3, -0.25) is 0 Å². The first-order valence-electron chi connectivity index (χ1n) is 18.0. The highest BCUT2D eigenvalue weighted by Gasteiger charge is 2.44. The number of ether oxygens (including phenoxy) is 6. The third kappa shape index (κ3) is 9.56. The van der Waals surface area contributed by atoms with E-state index in [-0.39, 0.29) is 43.7 Å². The van der Waals surface area contributed by atoms with Gasteiger partial charge in [-0.2, -0.15) is 4.31 Å². The third-order valence-electron chi connectivity index (χ3n) is 9.82. The Morgan fingerprint density at radius 2 is 1.79 bits per heavy atom. The van der Waals surface area contributed by atoms with Crippen molar-refractivity contribution >= 4 is 16.1 Å². The van der Waals surface area contributed by atoms with Gasteiger partial charge in [0, 0.05) is 19.2 Å². The molecule has 13 heteroatoms. The fourth-order valence-corrected chi connectivity index (χ4v) is 8.51. The number of carbonyl (C=O) groups excluding carboxylic acids is 1. The van der Waals surface area contributed by atoms with Crippen molar-refractivity contribution in [2.75, 3.05) is 33.1 Å². The Morgan fingerprint density at radius 3 is 2.56 bits per heavy atom. The van der Waals surface area contributed by atoms with E-state index in [2.05, 4.69) is 12.2 Å². The summed E-state index contributed by atoms with van der Waals surface area (Å²) in [4.78, 5) is 13.4. The molecule has 0 aliphatic carbocycles. The second kappa shape index (κ2) is 16.9. The van der Waals surface area contributed by atoms with Gasteiger partial charge in [0.25, 0.3) is 0 Å². The SMILES string of the molecule is CCCCC(C)(C)CN(C[C@@H](O)[C@H](Cc1ccc(OCc2ccccc2)cc1)NC(=O)O[C@H]1CO[C@H]2OCCC21)S(=O)(=O)c1ccc2c(c1)OCO2. The first-order valence-corrected chi connectivity index (χ1v) is 19.5. The Bertz CT molecular complexity index is 1740. The minimum atomic E-state index is -4.13. The number of aliphatic hydroxyl groups is 1. The van der Waals surface area contributed by atoms with Crippen molar-refractivity contribution in [1.29, 1.82) is 0 Å². The molecule has 3 aromatic carbocycles. The summed E-state index contributed by atoms with van der Waals surface area (Å²) in [6.07, 6.45) is 0.667. The van der Waals surface area contributed by atoms with Crippen molar-refractivity contribution in [2.24, 2.45) is 11.3 Å². The Labute approximate surface area is 306 Å². The number of nitrogens with one attached hydrogen (secondary N) is 1. The first kappa shape index (κ1) is 37.9. The minimum Gasteiger partial charge on any atom is -0.489 e. The number of nitrogens with zero attached hydrogens (tertiary/aromatic N) is 1. The number of unbranched alkanes of at least 4 members (excludes halogenated alkanes) is 1. The molecule has 2 fully saturated rings. The highest BCUT2D eigenvalue weighted by molar-refractivity contribution is 7.89. The summed E-state index contributed by atoms with van der Waals surface area (Å²) >= 11 is 0. The molecule has 1 amide bonds. The number of sulfonamides is 1. The number of benzene rings is 3. The lowest BCUT2D eigenvalue weighted by Gasteiger charge is -2.35. The molecule has 282 valence electrons. The van der Waals surface area contributed by atoms with E-state index in [1.165, 1.54) is 16.4 Å². The number of aliphatic hydroxyl groups excluding tert-OH is 1. The fourth-order valence-electron chi connectivity index (χ4n) is 6.85. The topological polar surface area (TPSA) is 142 Å². The number of carbonyl (C=O) groups is 1. The minimum absolute atomic E-state index is 0.0102. The molecule has 3 heterocycles. The Balaban J connectivity index is 1.22. The van der Waals surface area contributed by atoms with Crippen LogP contribution in [0, 0.1) is 11.3 Å². The van der Waals surface area contributed by atoms with Gasteiger partial charge in [-0.1, -0.05) is 76.1 Å². The maximum atomic E-state index is 14.3. The molecule has 0 radical (unpaired) electrons. The predicted molar refractivity (Wildman–Crippen MR) is 193 cm³/mol. The largest absolute Gasteiger partial charge is 0.489 e. The van der Waals surface area contributed by atoms with Crippen LogP contribution in [0.4, 0.5) is 4.79 Å². The van der Waals surface area contributed by atoms with Crippen LogP contribution in [-0.2, 0) is 37.3 Å². The van der Waals surface area contributed by atoms with Gasteiger partial charge in [0.05, 0.1) is 36.2 Å². The number of hydrogen-bond acceptors (Lipinski definition) is 10. The summed E-state index contributed by atoms with van der Waals surface area (Å²) in [7, 11) is -4.13. The summed E-state index contributed by atoms with van der Waals surface area (Å²) in [5.41, 5.74) is 1.44. The normalized spacial score (nSPS) is 20.8. The van der Waals surface area contributed by atoms with Gasteiger partial charge in [-0.15, -0.1) is 0 Å². The zero-order chi connectivity index (χ0) is 36.7. The summed E-state index contributed by atoms with van der Waals surface area (Å²) in [5, 5.41) is 14.8. The van der Waals surface area contributed by atoms with Crippen LogP contribution in [0.5, 0.6) is 17.2 Å². The van der Waals surface area contributed by atoms with Gasteiger partial charge in [0.2, 0.25) is 16.8 Å². The van der Waals surface area contributed by atoms with Crippen LogP contribution < -0.4 is 19.5 Å². The lowest BCUT2D eigenvalue weighted by molar-refractivity contribution is -0.0907. The van der Waals surface area contributed by atoms with Gasteiger partial charge in [0.1, 0.15) is 18.5 Å². The van der Waals surface area contributed by atoms with Crippen LogP contribution in [-0.4, -0.2) is 81.6 Å². The van der Waals surface area contributed by atoms with Crippen LogP contribution >= 0.6 is 0 Å². The van der Waals surface area contributed by atoms with Gasteiger partial charge >= 0.3 is 6.09 Å². The van der Waals surface area contributed by atoms with Crippen molar-refractivity contribution in [3.05, 3.63) is 83.9 Å². The van der Waals surface area contributed by atoms with E-state index in [1.54, 1.807) is 6.07 Å². The summed E-state index contributed by atoms with van der Waals surface area (Å²) < 4.78 is 63.8. The molecule has 3 aliphatic rings. The van der Waals surface area contributed by atoms with Gasteiger partial charge in [0.15, 0.2) is 17.8 Å². The summed E-state index contributed by atoms with van der Waals surface area (Å²) in [5.74, 6) is 1.42. The third-order valence-corrected chi connectivity index (χ3v) is 11.6. The van der Waals surface area contributed by atoms with E-state index in [1.807, 2.05) is 68.4 Å². The monoisotopic (exact) mass is 738 g/mol. The van der Waals surface area contributed by atoms with Crippen LogP contribution in [0.15, 0.2) is 77.7 Å².